The quantitative estimate of drug-likeness (QED) is 0.563. The molecule has 1 aliphatic rings. The zero-order chi connectivity index (χ0) is 8.10. The van der Waals surface area contributed by atoms with E-state index in [-0.39, 0.29) is 52.6 Å². The third-order valence-electron chi connectivity index (χ3n) is 1.81. The molecule has 4 heteroatoms. The van der Waals surface area contributed by atoms with Crippen molar-refractivity contribution in [3.8, 4) is 0 Å². The van der Waals surface area contributed by atoms with Crippen LogP contribution in [0.2, 0.25) is 0 Å². The van der Waals surface area contributed by atoms with Crippen LogP contribution in [0.15, 0.2) is 17.7 Å². The Hall–Kier alpha value is 0.734. The Labute approximate surface area is 114 Å². The number of hydrogen-bond acceptors (Lipinski definition) is 1. The topological polar surface area (TPSA) is 9.23 Å². The second-order valence-electron chi connectivity index (χ2n) is 2.59. The molecule has 0 aromatic heterocycles. The fraction of sp³-hybridized carbons (Fsp3) is 0.600. The maximum atomic E-state index is 5.52. The monoisotopic (exact) mass is 271 g/mol. The van der Waals surface area contributed by atoms with Crippen molar-refractivity contribution in [1.29, 1.82) is 0 Å². The number of allylic oxidation sites excluding steroid dienone is 2. The zero-order valence-electron chi connectivity index (χ0n) is 8.58. The fourth-order valence-electron chi connectivity index (χ4n) is 1.27. The van der Waals surface area contributed by atoms with Crippen LogP contribution in [-0.2, 0) is 26.5 Å². The van der Waals surface area contributed by atoms with Gasteiger partial charge in [-0.25, -0.2) is 6.08 Å². The van der Waals surface area contributed by atoms with E-state index in [4.69, 9.17) is 4.74 Å². The molecule has 0 N–H and O–H groups in total. The van der Waals surface area contributed by atoms with E-state index >= 15 is 0 Å². The van der Waals surface area contributed by atoms with E-state index < -0.39 is 0 Å². The molecule has 0 heterocycles. The molecule has 82 valence electrons. The van der Waals surface area contributed by atoms with Crippen molar-refractivity contribution in [1.82, 2.24) is 0 Å². The maximum Gasteiger partial charge on any atom is 0.0492 e. The second-order valence-corrected chi connectivity index (χ2v) is 2.59. The summed E-state index contributed by atoms with van der Waals surface area (Å²) in [7, 11) is 0. The molecule has 0 spiro atoms. The third kappa shape index (κ3) is 6.26. The van der Waals surface area contributed by atoms with Crippen molar-refractivity contribution in [2.45, 2.75) is 32.8 Å². The van der Waals surface area contributed by atoms with E-state index in [9.17, 15) is 0 Å². The third-order valence-corrected chi connectivity index (χ3v) is 1.81. The van der Waals surface area contributed by atoms with Crippen LogP contribution in [0.5, 0.6) is 0 Å². The molecule has 1 unspecified atom stereocenters. The standard InChI is InChI=1S/C10H15O.2ClH.Ti/c1-3-10(11-4-2)9-7-5-6-8-9;;;/h5,7,10H,3-4,6H2,1-2H3;2*1H;/q-1;;;. The Bertz CT molecular complexity index is 181. The van der Waals surface area contributed by atoms with Gasteiger partial charge in [0, 0.05) is 34.4 Å². The van der Waals surface area contributed by atoms with Crippen molar-refractivity contribution in [2.75, 3.05) is 6.61 Å². The van der Waals surface area contributed by atoms with Crippen LogP contribution in [0.3, 0.4) is 0 Å². The first-order valence-corrected chi connectivity index (χ1v) is 4.27. The summed E-state index contributed by atoms with van der Waals surface area (Å²) in [5.41, 5.74) is 1.23. The number of halogens is 2. The molecule has 0 saturated heterocycles. The summed E-state index contributed by atoms with van der Waals surface area (Å²) in [6.45, 7) is 4.96. The predicted octanol–water partition coefficient (Wildman–Crippen LogP) is 3.33. The summed E-state index contributed by atoms with van der Waals surface area (Å²) in [4.78, 5) is 0. The van der Waals surface area contributed by atoms with Gasteiger partial charge in [-0.15, -0.1) is 31.2 Å². The Balaban J connectivity index is -0.000000403. The molecular formula is C10H17Cl2OTi-. The van der Waals surface area contributed by atoms with Crippen molar-refractivity contribution < 1.29 is 26.5 Å². The van der Waals surface area contributed by atoms with E-state index in [2.05, 4.69) is 25.2 Å². The summed E-state index contributed by atoms with van der Waals surface area (Å²) >= 11 is 0. The van der Waals surface area contributed by atoms with E-state index in [1.807, 2.05) is 6.92 Å². The molecule has 0 fully saturated rings. The summed E-state index contributed by atoms with van der Waals surface area (Å²) in [5, 5.41) is 0. The number of ether oxygens (including phenoxy) is 1. The molecule has 1 aliphatic carbocycles. The van der Waals surface area contributed by atoms with Crippen LogP contribution in [0.25, 0.3) is 0 Å². The molecular weight excluding hydrogens is 255 g/mol. The molecule has 14 heavy (non-hydrogen) atoms. The first kappa shape index (κ1) is 20.2. The van der Waals surface area contributed by atoms with Crippen molar-refractivity contribution >= 4 is 24.8 Å². The van der Waals surface area contributed by atoms with Gasteiger partial charge in [-0.3, -0.25) is 6.08 Å². The predicted molar refractivity (Wildman–Crippen MR) is 60.7 cm³/mol. The minimum atomic E-state index is 0. The molecule has 0 aromatic carbocycles. The zero-order valence-corrected chi connectivity index (χ0v) is 11.8. The van der Waals surface area contributed by atoms with E-state index in [1.54, 1.807) is 0 Å². The Morgan fingerprint density at radius 3 is 2.43 bits per heavy atom. The van der Waals surface area contributed by atoms with Gasteiger partial charge in [-0.2, -0.15) is 11.6 Å². The Morgan fingerprint density at radius 1 is 1.43 bits per heavy atom. The minimum absolute atomic E-state index is 0. The SMILES string of the molecule is CCOC(CC)C1=[C-]CC=C1.Cl.Cl.[Ti]. The van der Waals surface area contributed by atoms with Crippen LogP contribution in [0.1, 0.15) is 26.7 Å². The normalized spacial score (nSPS) is 14.6. The van der Waals surface area contributed by atoms with Gasteiger partial charge >= 0.3 is 0 Å². The second kappa shape index (κ2) is 11.8. The van der Waals surface area contributed by atoms with Crippen LogP contribution in [0, 0.1) is 6.08 Å². The molecule has 0 aromatic rings. The van der Waals surface area contributed by atoms with Crippen LogP contribution in [-0.4, -0.2) is 12.7 Å². The van der Waals surface area contributed by atoms with Gasteiger partial charge in [0.1, 0.15) is 0 Å². The number of rotatable bonds is 4. The van der Waals surface area contributed by atoms with Gasteiger partial charge in [0.25, 0.3) is 0 Å². The Kier molecular flexibility index (Phi) is 17.0. The molecule has 0 aliphatic heterocycles. The first-order valence-electron chi connectivity index (χ1n) is 4.27. The summed E-state index contributed by atoms with van der Waals surface area (Å²) in [6.07, 6.45) is 9.79. The molecule has 0 saturated carbocycles. The van der Waals surface area contributed by atoms with Crippen molar-refractivity contribution in [3.63, 3.8) is 0 Å². The van der Waals surface area contributed by atoms with Gasteiger partial charge in [-0.05, 0) is 13.3 Å². The van der Waals surface area contributed by atoms with Gasteiger partial charge < -0.3 is 4.74 Å². The van der Waals surface area contributed by atoms with Gasteiger partial charge in [0.2, 0.25) is 0 Å². The summed E-state index contributed by atoms with van der Waals surface area (Å²) < 4.78 is 5.52. The smallest absolute Gasteiger partial charge is 0.0492 e. The van der Waals surface area contributed by atoms with Crippen LogP contribution in [0.4, 0.5) is 0 Å². The average molecular weight is 272 g/mol. The van der Waals surface area contributed by atoms with Gasteiger partial charge in [0.15, 0.2) is 0 Å². The Morgan fingerprint density at radius 2 is 2.07 bits per heavy atom. The van der Waals surface area contributed by atoms with Crippen molar-refractivity contribution in [2.24, 2.45) is 0 Å². The van der Waals surface area contributed by atoms with E-state index in [0.717, 1.165) is 19.4 Å². The molecule has 0 bridgehead atoms. The van der Waals surface area contributed by atoms with E-state index in [1.165, 1.54) is 5.57 Å². The van der Waals surface area contributed by atoms with E-state index in [0.29, 0.717) is 0 Å². The molecule has 1 rings (SSSR count). The maximum absolute atomic E-state index is 5.52. The number of hydrogen-bond donors (Lipinski definition) is 0. The summed E-state index contributed by atoms with van der Waals surface area (Å²) in [5.74, 6) is 0. The summed E-state index contributed by atoms with van der Waals surface area (Å²) in [6, 6.07) is 0. The minimum Gasteiger partial charge on any atom is -0.377 e. The van der Waals surface area contributed by atoms with Crippen molar-refractivity contribution in [3.05, 3.63) is 23.8 Å². The van der Waals surface area contributed by atoms with Crippen LogP contribution < -0.4 is 0 Å². The molecule has 1 atom stereocenters. The average Bonchev–Trinajstić information content (AvgIpc) is 2.52. The van der Waals surface area contributed by atoms with Gasteiger partial charge in [-0.1, -0.05) is 6.92 Å². The first-order chi connectivity index (χ1) is 5.38. The van der Waals surface area contributed by atoms with Gasteiger partial charge in [0.05, 0.1) is 0 Å². The molecule has 0 amide bonds. The molecule has 1 nitrogen and oxygen atoms in total. The fourth-order valence-corrected chi connectivity index (χ4v) is 1.27. The largest absolute Gasteiger partial charge is 0.377 e. The van der Waals surface area contributed by atoms with Crippen LogP contribution >= 0.6 is 24.8 Å². The molecule has 0 radical (unpaired) electrons.